The van der Waals surface area contributed by atoms with E-state index in [9.17, 15) is 9.59 Å². The molecule has 1 aromatic heterocycles. The Hall–Kier alpha value is -2.67. The lowest BCUT2D eigenvalue weighted by atomic mass is 10.1. The number of aryl methyl sites for hydroxylation is 1. The zero-order valence-electron chi connectivity index (χ0n) is 15.6. The average Bonchev–Trinajstić information content (AvgIpc) is 2.69. The summed E-state index contributed by atoms with van der Waals surface area (Å²) in [7, 11) is 0. The molecule has 27 heavy (non-hydrogen) atoms. The molecule has 2 aromatic rings. The van der Waals surface area contributed by atoms with Crippen molar-refractivity contribution < 1.29 is 9.53 Å². The van der Waals surface area contributed by atoms with Gasteiger partial charge in [0.25, 0.3) is 5.56 Å². The molecule has 1 fully saturated rings. The molecule has 0 unspecified atom stereocenters. The molecule has 1 amide bonds. The third-order valence-corrected chi connectivity index (χ3v) is 4.60. The Morgan fingerprint density at radius 2 is 1.93 bits per heavy atom. The second kappa shape index (κ2) is 9.32. The molecule has 7 nitrogen and oxygen atoms in total. The molecule has 7 heteroatoms. The van der Waals surface area contributed by atoms with Gasteiger partial charge in [0.05, 0.1) is 13.2 Å². The van der Waals surface area contributed by atoms with E-state index in [1.807, 2.05) is 25.1 Å². The van der Waals surface area contributed by atoms with Crippen molar-refractivity contribution in [2.45, 2.75) is 32.4 Å². The van der Waals surface area contributed by atoms with Gasteiger partial charge in [0, 0.05) is 25.2 Å². The molecule has 144 valence electrons. The number of hydrogen-bond donors (Lipinski definition) is 1. The summed E-state index contributed by atoms with van der Waals surface area (Å²) in [5.41, 5.74) is 0.966. The van der Waals surface area contributed by atoms with Crippen molar-refractivity contribution in [3.63, 3.8) is 0 Å². The molecule has 0 bridgehead atoms. The summed E-state index contributed by atoms with van der Waals surface area (Å²) in [5.74, 6) is 0.493. The molecule has 2 heterocycles. The topological polar surface area (TPSA) is 76.5 Å². The third kappa shape index (κ3) is 5.65. The lowest BCUT2D eigenvalue weighted by molar-refractivity contribution is -0.122. The number of carbonyl (C=O) groups excluding carboxylic acids is 1. The van der Waals surface area contributed by atoms with Crippen molar-refractivity contribution in [1.29, 1.82) is 0 Å². The van der Waals surface area contributed by atoms with Crippen LogP contribution in [0.3, 0.4) is 0 Å². The van der Waals surface area contributed by atoms with Crippen molar-refractivity contribution in [2.24, 2.45) is 0 Å². The Morgan fingerprint density at radius 3 is 2.67 bits per heavy atom. The zero-order chi connectivity index (χ0) is 19.1. The van der Waals surface area contributed by atoms with Crippen LogP contribution in [0.1, 0.15) is 18.9 Å². The van der Waals surface area contributed by atoms with Crippen LogP contribution in [0.5, 0.6) is 0 Å². The number of benzene rings is 1. The van der Waals surface area contributed by atoms with Crippen LogP contribution in [0.2, 0.25) is 0 Å². The smallest absolute Gasteiger partial charge is 0.267 e. The predicted octanol–water partition coefficient (Wildman–Crippen LogP) is 1.22. The predicted molar refractivity (Wildman–Crippen MR) is 104 cm³/mol. The van der Waals surface area contributed by atoms with Crippen LogP contribution in [0.25, 0.3) is 0 Å². The lowest BCUT2D eigenvalue weighted by Gasteiger charge is -2.27. The van der Waals surface area contributed by atoms with Gasteiger partial charge in [-0.15, -0.1) is 0 Å². The van der Waals surface area contributed by atoms with Gasteiger partial charge >= 0.3 is 0 Å². The summed E-state index contributed by atoms with van der Waals surface area (Å²) in [6, 6.07) is 13.4. The monoisotopic (exact) mass is 370 g/mol. The largest absolute Gasteiger partial charge is 0.378 e. The molecule has 0 radical (unpaired) electrons. The van der Waals surface area contributed by atoms with Crippen molar-refractivity contribution in [3.05, 3.63) is 58.4 Å². The number of ether oxygens (including phenoxy) is 1. The van der Waals surface area contributed by atoms with Crippen LogP contribution >= 0.6 is 0 Å². The zero-order valence-corrected chi connectivity index (χ0v) is 15.6. The Kier molecular flexibility index (Phi) is 6.59. The van der Waals surface area contributed by atoms with Gasteiger partial charge in [-0.25, -0.2) is 4.68 Å². The minimum atomic E-state index is -0.279. The summed E-state index contributed by atoms with van der Waals surface area (Å²) < 4.78 is 6.56. The van der Waals surface area contributed by atoms with Crippen molar-refractivity contribution in [1.82, 2.24) is 15.1 Å². The molecule has 0 saturated carbocycles. The number of rotatable bonds is 7. The van der Waals surface area contributed by atoms with E-state index < -0.39 is 0 Å². The maximum atomic E-state index is 12.3. The van der Waals surface area contributed by atoms with Gasteiger partial charge in [0.2, 0.25) is 5.91 Å². The SMILES string of the molecule is C[C@H](CCc1ccccc1)NC(=O)Cn1nc(N2CCOCC2)ccc1=O. The Morgan fingerprint density at radius 1 is 1.19 bits per heavy atom. The highest BCUT2D eigenvalue weighted by Gasteiger charge is 2.15. The molecule has 1 aromatic carbocycles. The van der Waals surface area contributed by atoms with Crippen molar-refractivity contribution >= 4 is 11.7 Å². The first kappa shape index (κ1) is 19.1. The third-order valence-electron chi connectivity index (χ3n) is 4.60. The van der Waals surface area contributed by atoms with Crippen LogP contribution in [0.15, 0.2) is 47.3 Å². The normalized spacial score (nSPS) is 15.4. The van der Waals surface area contributed by atoms with Gasteiger partial charge in [0.15, 0.2) is 0 Å². The highest BCUT2D eigenvalue weighted by molar-refractivity contribution is 5.75. The number of carbonyl (C=O) groups is 1. The minimum Gasteiger partial charge on any atom is -0.378 e. The van der Waals surface area contributed by atoms with Crippen LogP contribution < -0.4 is 15.8 Å². The van der Waals surface area contributed by atoms with Crippen molar-refractivity contribution in [2.75, 3.05) is 31.2 Å². The molecular formula is C20H26N4O3. The van der Waals surface area contributed by atoms with Gasteiger partial charge in [-0.05, 0) is 31.4 Å². The molecule has 1 aliphatic heterocycles. The second-order valence-electron chi connectivity index (χ2n) is 6.78. The minimum absolute atomic E-state index is 0.0239. The fraction of sp³-hybridized carbons (Fsp3) is 0.450. The van der Waals surface area contributed by atoms with E-state index >= 15 is 0 Å². The number of nitrogens with one attached hydrogen (secondary N) is 1. The van der Waals surface area contributed by atoms with Crippen LogP contribution in [-0.4, -0.2) is 48.0 Å². The Bertz CT molecular complexity index is 800. The molecule has 0 aliphatic carbocycles. The number of aromatic nitrogens is 2. The van der Waals surface area contributed by atoms with E-state index in [0.717, 1.165) is 25.9 Å². The van der Waals surface area contributed by atoms with Gasteiger partial charge in [-0.1, -0.05) is 30.3 Å². The van der Waals surface area contributed by atoms with E-state index in [-0.39, 0.29) is 24.1 Å². The van der Waals surface area contributed by atoms with Crippen LogP contribution in [0, 0.1) is 0 Å². The number of anilines is 1. The fourth-order valence-corrected chi connectivity index (χ4v) is 3.07. The summed E-state index contributed by atoms with van der Waals surface area (Å²) >= 11 is 0. The number of amides is 1. The van der Waals surface area contributed by atoms with Gasteiger partial charge in [-0.3, -0.25) is 9.59 Å². The molecule has 1 atom stereocenters. The average molecular weight is 370 g/mol. The summed E-state index contributed by atoms with van der Waals surface area (Å²) in [6.45, 7) is 4.64. The summed E-state index contributed by atoms with van der Waals surface area (Å²) in [4.78, 5) is 26.4. The lowest BCUT2D eigenvalue weighted by Crippen LogP contribution is -2.40. The van der Waals surface area contributed by atoms with Crippen LogP contribution in [-0.2, 0) is 22.5 Å². The van der Waals surface area contributed by atoms with Gasteiger partial charge in [0.1, 0.15) is 12.4 Å². The highest BCUT2D eigenvalue weighted by atomic mass is 16.5. The van der Waals surface area contributed by atoms with E-state index in [1.165, 1.54) is 16.3 Å². The number of nitrogens with zero attached hydrogens (tertiary/aromatic N) is 3. The van der Waals surface area contributed by atoms with E-state index in [4.69, 9.17) is 4.74 Å². The highest BCUT2D eigenvalue weighted by Crippen LogP contribution is 2.10. The maximum absolute atomic E-state index is 12.3. The molecule has 1 aliphatic rings. The summed E-state index contributed by atoms with van der Waals surface area (Å²) in [6.07, 6.45) is 1.74. The van der Waals surface area contributed by atoms with Gasteiger partial charge < -0.3 is 15.0 Å². The molecule has 1 saturated heterocycles. The first-order chi connectivity index (χ1) is 13.1. The Balaban J connectivity index is 1.54. The van der Waals surface area contributed by atoms with E-state index in [1.54, 1.807) is 6.07 Å². The quantitative estimate of drug-likeness (QED) is 0.793. The summed E-state index contributed by atoms with van der Waals surface area (Å²) in [5, 5.41) is 7.30. The first-order valence-corrected chi connectivity index (χ1v) is 9.36. The first-order valence-electron chi connectivity index (χ1n) is 9.36. The van der Waals surface area contributed by atoms with E-state index in [0.29, 0.717) is 19.0 Å². The maximum Gasteiger partial charge on any atom is 0.267 e. The Labute approximate surface area is 158 Å². The molecule has 3 rings (SSSR count). The molecular weight excluding hydrogens is 344 g/mol. The standard InChI is InChI=1S/C20H26N4O3/c1-16(7-8-17-5-3-2-4-6-17)21-19(25)15-24-20(26)10-9-18(22-24)23-11-13-27-14-12-23/h2-6,9-10,16H,7-8,11-15H2,1H3,(H,21,25)/t16-/m1/s1. The van der Waals surface area contributed by atoms with E-state index in [2.05, 4.69) is 27.4 Å². The molecule has 0 spiro atoms. The van der Waals surface area contributed by atoms with Crippen LogP contribution in [0.4, 0.5) is 5.82 Å². The second-order valence-corrected chi connectivity index (χ2v) is 6.78. The number of morpholine rings is 1. The van der Waals surface area contributed by atoms with Crippen molar-refractivity contribution in [3.8, 4) is 0 Å². The number of hydrogen-bond acceptors (Lipinski definition) is 5. The fourth-order valence-electron chi connectivity index (χ4n) is 3.07. The molecule has 1 N–H and O–H groups in total. The van der Waals surface area contributed by atoms with Gasteiger partial charge in [-0.2, -0.15) is 5.10 Å².